The molecule has 0 saturated carbocycles. The van der Waals surface area contributed by atoms with Gasteiger partial charge in [-0.2, -0.15) is 8.42 Å². The number of azide groups is 1. The molecule has 10 nitrogen and oxygen atoms in total. The summed E-state index contributed by atoms with van der Waals surface area (Å²) in [6.07, 6.45) is -2.70. The van der Waals surface area contributed by atoms with Crippen molar-refractivity contribution < 1.29 is 31.6 Å². The lowest BCUT2D eigenvalue weighted by atomic mass is 10.0. The van der Waals surface area contributed by atoms with Crippen molar-refractivity contribution in [2.45, 2.75) is 44.8 Å². The first-order chi connectivity index (χ1) is 9.76. The van der Waals surface area contributed by atoms with Crippen molar-refractivity contribution in [3.05, 3.63) is 10.4 Å². The van der Waals surface area contributed by atoms with Crippen LogP contribution in [0.3, 0.4) is 0 Å². The van der Waals surface area contributed by atoms with Crippen LogP contribution in [0, 0.1) is 0 Å². The van der Waals surface area contributed by atoms with Gasteiger partial charge in [0, 0.05) is 4.91 Å². The Balaban J connectivity index is 2.79. The molecule has 0 N–H and O–H groups in total. The summed E-state index contributed by atoms with van der Waals surface area (Å²) in [5.74, 6) is 0. The van der Waals surface area contributed by atoms with Crippen molar-refractivity contribution in [1.29, 1.82) is 0 Å². The summed E-state index contributed by atoms with van der Waals surface area (Å²) < 4.78 is 42.0. The number of carbonyl (C=O) groups excluding carboxylic acids is 1. The van der Waals surface area contributed by atoms with Crippen LogP contribution < -0.4 is 0 Å². The van der Waals surface area contributed by atoms with Gasteiger partial charge in [0.15, 0.2) is 0 Å². The fourth-order valence-corrected chi connectivity index (χ4v) is 2.48. The Morgan fingerprint density at radius 3 is 2.71 bits per heavy atom. The average molecular weight is 323 g/mol. The van der Waals surface area contributed by atoms with Gasteiger partial charge in [0.2, 0.25) is 6.29 Å². The van der Waals surface area contributed by atoms with E-state index < -0.39 is 40.8 Å². The Kier molecular flexibility index (Phi) is 6.21. The van der Waals surface area contributed by atoms with Gasteiger partial charge in [-0.05, 0) is 25.8 Å². The Morgan fingerprint density at radius 2 is 2.19 bits per heavy atom. The molecule has 1 aliphatic rings. The van der Waals surface area contributed by atoms with Gasteiger partial charge in [-0.3, -0.25) is 4.18 Å². The molecular weight excluding hydrogens is 306 g/mol. The second-order valence-corrected chi connectivity index (χ2v) is 5.96. The average Bonchev–Trinajstić information content (AvgIpc) is 2.33. The van der Waals surface area contributed by atoms with Crippen LogP contribution in [0.5, 0.6) is 0 Å². The van der Waals surface area contributed by atoms with Crippen molar-refractivity contribution in [2.75, 3.05) is 12.9 Å². The van der Waals surface area contributed by atoms with Gasteiger partial charge in [0.25, 0.3) is 10.1 Å². The van der Waals surface area contributed by atoms with E-state index in [1.807, 2.05) is 0 Å². The standard InChI is InChI=1S/C10H17N3O7S/c1-4-17-10(14)19-9-7(12-13-11)5-8(6(2)18-9)20-21(3,15)16/h6-9H,4-5H2,1-3H3/t6-,7-,8+,9-/m1/s1. The quantitative estimate of drug-likeness (QED) is 0.244. The fraction of sp³-hybridized carbons (Fsp3) is 0.900. The molecule has 0 aromatic rings. The van der Waals surface area contributed by atoms with Crippen LogP contribution in [0.25, 0.3) is 10.4 Å². The Labute approximate surface area is 122 Å². The molecular formula is C10H17N3O7S. The topological polar surface area (TPSA) is 137 Å². The van der Waals surface area contributed by atoms with E-state index in [0.717, 1.165) is 6.26 Å². The van der Waals surface area contributed by atoms with Crippen molar-refractivity contribution >= 4 is 16.3 Å². The minimum atomic E-state index is -3.69. The summed E-state index contributed by atoms with van der Waals surface area (Å²) in [6.45, 7) is 3.28. The molecule has 1 saturated heterocycles. The van der Waals surface area contributed by atoms with Gasteiger partial charge in [0.1, 0.15) is 12.1 Å². The van der Waals surface area contributed by atoms with E-state index in [0.29, 0.717) is 0 Å². The molecule has 0 bridgehead atoms. The molecule has 4 atom stereocenters. The molecule has 0 amide bonds. The number of hydrogen-bond donors (Lipinski definition) is 0. The van der Waals surface area contributed by atoms with Crippen molar-refractivity contribution in [1.82, 2.24) is 0 Å². The monoisotopic (exact) mass is 323 g/mol. The third kappa shape index (κ3) is 5.76. The highest BCUT2D eigenvalue weighted by Gasteiger charge is 2.40. The molecule has 0 aromatic carbocycles. The first kappa shape index (κ1) is 17.5. The summed E-state index contributed by atoms with van der Waals surface area (Å²) in [5, 5.41) is 3.44. The Morgan fingerprint density at radius 1 is 1.52 bits per heavy atom. The van der Waals surface area contributed by atoms with E-state index in [9.17, 15) is 13.2 Å². The molecule has 0 aromatic heterocycles. The van der Waals surface area contributed by atoms with E-state index in [1.165, 1.54) is 0 Å². The molecule has 21 heavy (non-hydrogen) atoms. The van der Waals surface area contributed by atoms with Gasteiger partial charge in [-0.1, -0.05) is 5.11 Å². The number of rotatable bonds is 5. The van der Waals surface area contributed by atoms with E-state index in [4.69, 9.17) is 19.2 Å². The van der Waals surface area contributed by atoms with Crippen LogP contribution in [0.2, 0.25) is 0 Å². The van der Waals surface area contributed by atoms with Gasteiger partial charge >= 0.3 is 6.16 Å². The number of hydrogen-bond acceptors (Lipinski definition) is 8. The van der Waals surface area contributed by atoms with Crippen LogP contribution in [0.15, 0.2) is 5.11 Å². The molecule has 0 aliphatic carbocycles. The normalized spacial score (nSPS) is 29.3. The van der Waals surface area contributed by atoms with Crippen molar-refractivity contribution in [3.63, 3.8) is 0 Å². The van der Waals surface area contributed by atoms with Crippen LogP contribution in [-0.2, 0) is 28.5 Å². The smallest absolute Gasteiger partial charge is 0.435 e. The van der Waals surface area contributed by atoms with Crippen molar-refractivity contribution in [2.24, 2.45) is 5.11 Å². The maximum Gasteiger partial charge on any atom is 0.510 e. The second-order valence-electron chi connectivity index (χ2n) is 4.36. The van der Waals surface area contributed by atoms with Crippen molar-refractivity contribution in [3.8, 4) is 0 Å². The van der Waals surface area contributed by atoms with Crippen LogP contribution in [0.4, 0.5) is 4.79 Å². The van der Waals surface area contributed by atoms with Crippen LogP contribution in [-0.4, -0.2) is 52.0 Å². The maximum atomic E-state index is 11.3. The van der Waals surface area contributed by atoms with Gasteiger partial charge < -0.3 is 14.2 Å². The molecule has 1 fully saturated rings. The second kappa shape index (κ2) is 7.46. The highest BCUT2D eigenvalue weighted by Crippen LogP contribution is 2.27. The molecule has 1 rings (SSSR count). The van der Waals surface area contributed by atoms with E-state index in [1.54, 1.807) is 13.8 Å². The molecule has 0 radical (unpaired) electrons. The van der Waals surface area contributed by atoms with E-state index in [-0.39, 0.29) is 13.0 Å². The molecule has 0 spiro atoms. The third-order valence-corrected chi connectivity index (χ3v) is 3.23. The number of carbonyl (C=O) groups is 1. The summed E-state index contributed by atoms with van der Waals surface area (Å²) in [6, 6.07) is -0.914. The highest BCUT2D eigenvalue weighted by molar-refractivity contribution is 7.86. The highest BCUT2D eigenvalue weighted by atomic mass is 32.2. The summed E-state index contributed by atoms with van der Waals surface area (Å²) in [7, 11) is -3.69. The van der Waals surface area contributed by atoms with E-state index in [2.05, 4.69) is 14.8 Å². The zero-order valence-corrected chi connectivity index (χ0v) is 12.6. The summed E-state index contributed by atoms with van der Waals surface area (Å²) in [5.41, 5.74) is 8.53. The zero-order valence-electron chi connectivity index (χ0n) is 11.8. The van der Waals surface area contributed by atoms with Gasteiger partial charge in [-0.15, -0.1) is 0 Å². The first-order valence-corrected chi connectivity index (χ1v) is 7.99. The largest absolute Gasteiger partial charge is 0.510 e. The predicted molar refractivity (Wildman–Crippen MR) is 69.7 cm³/mol. The Bertz CT molecular complexity index is 517. The zero-order chi connectivity index (χ0) is 16.0. The Hall–Kier alpha value is -1.55. The predicted octanol–water partition coefficient (Wildman–Crippen LogP) is 1.32. The van der Waals surface area contributed by atoms with Crippen LogP contribution in [0.1, 0.15) is 20.3 Å². The molecule has 0 unspecified atom stereocenters. The lowest BCUT2D eigenvalue weighted by molar-refractivity contribution is -0.203. The number of nitrogens with zero attached hydrogens (tertiary/aromatic N) is 3. The molecule has 1 heterocycles. The van der Waals surface area contributed by atoms with E-state index >= 15 is 0 Å². The van der Waals surface area contributed by atoms with Gasteiger partial charge in [0.05, 0.1) is 19.0 Å². The SMILES string of the molecule is CCOC(=O)O[C@H]1O[C@H](C)[C@@H](OS(C)(=O)=O)C[C@H]1N=[N+]=[N-]. The van der Waals surface area contributed by atoms with Gasteiger partial charge in [-0.25, -0.2) is 4.79 Å². The minimum absolute atomic E-state index is 0.0301. The lowest BCUT2D eigenvalue weighted by Gasteiger charge is -2.36. The first-order valence-electron chi connectivity index (χ1n) is 6.18. The molecule has 11 heteroatoms. The molecule has 120 valence electrons. The third-order valence-electron chi connectivity index (χ3n) is 2.63. The summed E-state index contributed by atoms with van der Waals surface area (Å²) in [4.78, 5) is 13.9. The minimum Gasteiger partial charge on any atom is -0.435 e. The van der Waals surface area contributed by atoms with Crippen LogP contribution >= 0.6 is 0 Å². The number of ether oxygens (including phenoxy) is 3. The maximum absolute atomic E-state index is 11.3. The molecule has 1 aliphatic heterocycles. The summed E-state index contributed by atoms with van der Waals surface area (Å²) >= 11 is 0. The lowest BCUT2D eigenvalue weighted by Crippen LogP contribution is -2.48. The fourth-order valence-electron chi connectivity index (χ4n) is 1.79.